The zero-order chi connectivity index (χ0) is 15.7. The standard InChI is InChI=1S/C14H9F3N4O/c15-14(16,17)10-6-4-9(5-7-10)12(22)18-13-20-19-11-3-1-2-8-21(11)13/h1-8H,(H,18,20,22). The van der Waals surface area contributed by atoms with Gasteiger partial charge in [-0.1, -0.05) is 6.07 Å². The quantitative estimate of drug-likeness (QED) is 0.792. The average Bonchev–Trinajstić information content (AvgIpc) is 2.90. The Morgan fingerprint density at radius 2 is 1.77 bits per heavy atom. The summed E-state index contributed by atoms with van der Waals surface area (Å²) in [7, 11) is 0. The Morgan fingerprint density at radius 1 is 1.05 bits per heavy atom. The molecule has 3 aromatic rings. The second-order valence-electron chi connectivity index (χ2n) is 4.48. The largest absolute Gasteiger partial charge is 0.416 e. The molecule has 0 fully saturated rings. The van der Waals surface area contributed by atoms with Crippen molar-refractivity contribution in [3.8, 4) is 0 Å². The topological polar surface area (TPSA) is 59.3 Å². The van der Waals surface area contributed by atoms with Crippen LogP contribution in [0.15, 0.2) is 48.7 Å². The van der Waals surface area contributed by atoms with Crippen LogP contribution >= 0.6 is 0 Å². The van der Waals surface area contributed by atoms with Gasteiger partial charge in [0, 0.05) is 11.8 Å². The van der Waals surface area contributed by atoms with Gasteiger partial charge >= 0.3 is 6.18 Å². The highest BCUT2D eigenvalue weighted by atomic mass is 19.4. The molecular weight excluding hydrogens is 297 g/mol. The number of nitrogens with one attached hydrogen (secondary N) is 1. The lowest BCUT2D eigenvalue weighted by Crippen LogP contribution is -2.14. The molecule has 22 heavy (non-hydrogen) atoms. The van der Waals surface area contributed by atoms with E-state index >= 15 is 0 Å². The molecule has 0 radical (unpaired) electrons. The van der Waals surface area contributed by atoms with Crippen molar-refractivity contribution in [2.24, 2.45) is 0 Å². The number of amides is 1. The molecule has 2 aromatic heterocycles. The highest BCUT2D eigenvalue weighted by Crippen LogP contribution is 2.29. The van der Waals surface area contributed by atoms with Crippen LogP contribution < -0.4 is 5.32 Å². The molecule has 0 aliphatic rings. The number of nitrogens with zero attached hydrogens (tertiary/aromatic N) is 3. The van der Waals surface area contributed by atoms with Gasteiger partial charge in [-0.3, -0.25) is 14.5 Å². The van der Waals surface area contributed by atoms with Crippen LogP contribution in [0.4, 0.5) is 19.1 Å². The van der Waals surface area contributed by atoms with Crippen molar-refractivity contribution in [1.29, 1.82) is 0 Å². The number of carbonyl (C=O) groups excluding carboxylic acids is 1. The van der Waals surface area contributed by atoms with Gasteiger partial charge in [-0.25, -0.2) is 0 Å². The van der Waals surface area contributed by atoms with Crippen LogP contribution in [0.1, 0.15) is 15.9 Å². The van der Waals surface area contributed by atoms with Crippen LogP contribution in [0.2, 0.25) is 0 Å². The zero-order valence-electron chi connectivity index (χ0n) is 11.0. The Labute approximate surface area is 122 Å². The molecular formula is C14H9F3N4O. The minimum atomic E-state index is -4.43. The first kappa shape index (κ1) is 14.1. The maximum atomic E-state index is 12.5. The highest BCUT2D eigenvalue weighted by molar-refractivity contribution is 6.03. The lowest BCUT2D eigenvalue weighted by Gasteiger charge is -2.07. The molecule has 1 amide bonds. The van der Waals surface area contributed by atoms with Crippen LogP contribution in [0, 0.1) is 0 Å². The lowest BCUT2D eigenvalue weighted by molar-refractivity contribution is -0.137. The summed E-state index contributed by atoms with van der Waals surface area (Å²) < 4.78 is 39.0. The van der Waals surface area contributed by atoms with Crippen LogP contribution in [-0.2, 0) is 6.18 Å². The van der Waals surface area contributed by atoms with Gasteiger partial charge in [0.2, 0.25) is 5.95 Å². The van der Waals surface area contributed by atoms with Gasteiger partial charge in [0.05, 0.1) is 5.56 Å². The lowest BCUT2D eigenvalue weighted by atomic mass is 10.1. The van der Waals surface area contributed by atoms with E-state index in [1.165, 1.54) is 0 Å². The molecule has 8 heteroatoms. The summed E-state index contributed by atoms with van der Waals surface area (Å²) in [6, 6.07) is 9.16. The number of alkyl halides is 3. The third kappa shape index (κ3) is 2.62. The van der Waals surface area contributed by atoms with Crippen molar-refractivity contribution in [1.82, 2.24) is 14.6 Å². The summed E-state index contributed by atoms with van der Waals surface area (Å²) in [5.74, 6) is -0.368. The molecule has 0 aliphatic heterocycles. The zero-order valence-corrected chi connectivity index (χ0v) is 11.0. The summed E-state index contributed by atoms with van der Waals surface area (Å²) in [4.78, 5) is 12.0. The number of fused-ring (bicyclic) bond motifs is 1. The van der Waals surface area contributed by atoms with E-state index in [0.29, 0.717) is 5.65 Å². The van der Waals surface area contributed by atoms with Crippen molar-refractivity contribution in [3.05, 3.63) is 59.8 Å². The Hall–Kier alpha value is -2.90. The van der Waals surface area contributed by atoms with Gasteiger partial charge in [0.1, 0.15) is 0 Å². The van der Waals surface area contributed by atoms with E-state index < -0.39 is 17.6 Å². The normalized spacial score (nSPS) is 11.6. The molecule has 0 bridgehead atoms. The fourth-order valence-electron chi connectivity index (χ4n) is 1.91. The van der Waals surface area contributed by atoms with E-state index in [2.05, 4.69) is 15.5 Å². The minimum absolute atomic E-state index is 0.0979. The first-order chi connectivity index (χ1) is 10.4. The molecule has 0 unspecified atom stereocenters. The molecule has 1 aromatic carbocycles. The van der Waals surface area contributed by atoms with Crippen LogP contribution in [0.3, 0.4) is 0 Å². The van der Waals surface area contributed by atoms with Gasteiger partial charge in [-0.05, 0) is 36.4 Å². The van der Waals surface area contributed by atoms with Crippen LogP contribution in [0.25, 0.3) is 5.65 Å². The first-order valence-electron chi connectivity index (χ1n) is 6.23. The number of aromatic nitrogens is 3. The third-order valence-corrected chi connectivity index (χ3v) is 3.01. The van der Waals surface area contributed by atoms with E-state index in [-0.39, 0.29) is 11.5 Å². The number of halogens is 3. The van der Waals surface area contributed by atoms with Gasteiger partial charge in [-0.15, -0.1) is 10.2 Å². The van der Waals surface area contributed by atoms with Gasteiger partial charge in [-0.2, -0.15) is 13.2 Å². The molecule has 1 N–H and O–H groups in total. The molecule has 2 heterocycles. The monoisotopic (exact) mass is 306 g/mol. The van der Waals surface area contributed by atoms with Crippen molar-refractivity contribution in [3.63, 3.8) is 0 Å². The Kier molecular flexibility index (Phi) is 3.28. The molecule has 0 saturated heterocycles. The van der Waals surface area contributed by atoms with E-state index in [4.69, 9.17) is 0 Å². The van der Waals surface area contributed by atoms with Crippen molar-refractivity contribution in [2.45, 2.75) is 6.18 Å². The molecule has 5 nitrogen and oxygen atoms in total. The second-order valence-corrected chi connectivity index (χ2v) is 4.48. The van der Waals surface area contributed by atoms with Gasteiger partial charge in [0.25, 0.3) is 5.91 Å². The Balaban J connectivity index is 1.83. The maximum absolute atomic E-state index is 12.5. The molecule has 112 valence electrons. The van der Waals surface area contributed by atoms with E-state index in [0.717, 1.165) is 24.3 Å². The fraction of sp³-hybridized carbons (Fsp3) is 0.0714. The number of pyridine rings is 1. The number of carbonyl (C=O) groups is 1. The number of hydrogen-bond donors (Lipinski definition) is 1. The molecule has 0 saturated carbocycles. The summed E-state index contributed by atoms with van der Waals surface area (Å²) in [5, 5.41) is 10.2. The SMILES string of the molecule is O=C(Nc1nnc2ccccn12)c1ccc(C(F)(F)F)cc1. The molecule has 3 rings (SSSR count). The number of rotatable bonds is 2. The van der Waals surface area contributed by atoms with Crippen LogP contribution in [-0.4, -0.2) is 20.5 Å². The predicted octanol–water partition coefficient (Wildman–Crippen LogP) is 3.00. The van der Waals surface area contributed by atoms with Gasteiger partial charge < -0.3 is 0 Å². The van der Waals surface area contributed by atoms with Crippen molar-refractivity contribution >= 4 is 17.5 Å². The summed E-state index contributed by atoms with van der Waals surface area (Å²) in [6.45, 7) is 0. The molecule has 0 aliphatic carbocycles. The predicted molar refractivity (Wildman–Crippen MR) is 72.4 cm³/mol. The molecule has 0 atom stereocenters. The number of anilines is 1. The van der Waals surface area contributed by atoms with E-state index in [1.54, 1.807) is 28.8 Å². The second kappa shape index (κ2) is 5.14. The first-order valence-corrected chi connectivity index (χ1v) is 6.23. The average molecular weight is 306 g/mol. The fourth-order valence-corrected chi connectivity index (χ4v) is 1.91. The van der Waals surface area contributed by atoms with Gasteiger partial charge in [0.15, 0.2) is 5.65 Å². The summed E-state index contributed by atoms with van der Waals surface area (Å²) in [5.41, 5.74) is -0.164. The van der Waals surface area contributed by atoms with E-state index in [9.17, 15) is 18.0 Å². The van der Waals surface area contributed by atoms with Crippen LogP contribution in [0.5, 0.6) is 0 Å². The molecule has 0 spiro atoms. The summed E-state index contributed by atoms with van der Waals surface area (Å²) >= 11 is 0. The Bertz CT molecular complexity index is 824. The minimum Gasteiger partial charge on any atom is -0.290 e. The van der Waals surface area contributed by atoms with Crippen molar-refractivity contribution < 1.29 is 18.0 Å². The van der Waals surface area contributed by atoms with Crippen molar-refractivity contribution in [2.75, 3.05) is 5.32 Å². The smallest absolute Gasteiger partial charge is 0.290 e. The third-order valence-electron chi connectivity index (χ3n) is 3.01. The maximum Gasteiger partial charge on any atom is 0.416 e. The highest BCUT2D eigenvalue weighted by Gasteiger charge is 2.30. The van der Waals surface area contributed by atoms with E-state index in [1.807, 2.05) is 0 Å². The summed E-state index contributed by atoms with van der Waals surface area (Å²) in [6.07, 6.45) is -2.77. The number of hydrogen-bond acceptors (Lipinski definition) is 3. The number of benzene rings is 1. The Morgan fingerprint density at radius 3 is 2.45 bits per heavy atom.